The molecule has 6 aromatic rings. The maximum absolute atomic E-state index is 12.7. The van der Waals surface area contributed by atoms with E-state index in [1.54, 1.807) is 29.0 Å². The van der Waals surface area contributed by atoms with E-state index in [0.29, 0.717) is 21.6 Å². The minimum atomic E-state index is -0.363. The van der Waals surface area contributed by atoms with Gasteiger partial charge in [-0.3, -0.25) is 4.79 Å². The number of benzene rings is 4. The molecule has 6 rings (SSSR count). The fourth-order valence-electron chi connectivity index (χ4n) is 4.39. The number of nitriles is 1. The molecule has 0 radical (unpaired) electrons. The summed E-state index contributed by atoms with van der Waals surface area (Å²) in [5.41, 5.74) is 3.56. The van der Waals surface area contributed by atoms with Gasteiger partial charge in [0.2, 0.25) is 0 Å². The number of aromatic nitrogens is 4. The van der Waals surface area contributed by atoms with E-state index in [0.717, 1.165) is 27.6 Å². The summed E-state index contributed by atoms with van der Waals surface area (Å²) in [5.74, 6) is 0.179. The van der Waals surface area contributed by atoms with Crippen molar-refractivity contribution in [1.29, 1.82) is 5.26 Å². The van der Waals surface area contributed by atoms with Crippen molar-refractivity contribution in [2.45, 2.75) is 0 Å². The lowest BCUT2D eigenvalue weighted by Crippen LogP contribution is -2.11. The van der Waals surface area contributed by atoms with Gasteiger partial charge in [-0.15, -0.1) is 0 Å². The third-order valence-electron chi connectivity index (χ3n) is 6.15. The summed E-state index contributed by atoms with van der Waals surface area (Å²) >= 11 is 6.04. The molecule has 37 heavy (non-hydrogen) atoms. The summed E-state index contributed by atoms with van der Waals surface area (Å²) < 4.78 is 1.79. The van der Waals surface area contributed by atoms with Crippen LogP contribution in [0.4, 0.5) is 0 Å². The number of hydrogen-bond acceptors (Lipinski definition) is 4. The fraction of sp³-hybridized carbons (Fsp3) is 0. The molecule has 0 saturated carbocycles. The summed E-state index contributed by atoms with van der Waals surface area (Å²) in [6.07, 6.45) is 3.59. The van der Waals surface area contributed by atoms with E-state index >= 15 is 0 Å². The highest BCUT2D eigenvalue weighted by atomic mass is 35.5. The Kier molecular flexibility index (Phi) is 5.61. The minimum absolute atomic E-state index is 0.179. The van der Waals surface area contributed by atoms with E-state index < -0.39 is 0 Å². The number of H-pyrrole nitrogens is 1. The van der Waals surface area contributed by atoms with Crippen LogP contribution in [0.15, 0.2) is 102 Å². The zero-order valence-electron chi connectivity index (χ0n) is 19.4. The number of rotatable bonds is 4. The largest absolute Gasteiger partial charge is 0.305 e. The van der Waals surface area contributed by atoms with Crippen molar-refractivity contribution >= 4 is 44.9 Å². The Bertz CT molecular complexity index is 1920. The second-order valence-corrected chi connectivity index (χ2v) is 8.92. The Hall–Kier alpha value is -4.99. The first-order chi connectivity index (χ1) is 18.1. The number of aromatic amines is 1. The van der Waals surface area contributed by atoms with Crippen LogP contribution in [0.25, 0.3) is 50.3 Å². The molecule has 4 aromatic carbocycles. The van der Waals surface area contributed by atoms with Crippen LogP contribution in [-0.2, 0) is 0 Å². The van der Waals surface area contributed by atoms with Gasteiger partial charge in [-0.25, -0.2) is 9.67 Å². The Labute approximate surface area is 216 Å². The van der Waals surface area contributed by atoms with Crippen LogP contribution in [0, 0.1) is 11.3 Å². The highest BCUT2D eigenvalue weighted by molar-refractivity contribution is 6.31. The summed E-state index contributed by atoms with van der Waals surface area (Å²) in [4.78, 5) is 20.0. The summed E-state index contributed by atoms with van der Waals surface area (Å²) in [5, 5.41) is 17.9. The molecule has 176 valence electrons. The Morgan fingerprint density at radius 3 is 2.57 bits per heavy atom. The maximum atomic E-state index is 12.7. The summed E-state index contributed by atoms with van der Waals surface area (Å²) in [7, 11) is 0. The third-order valence-corrected chi connectivity index (χ3v) is 6.39. The lowest BCUT2D eigenvalue weighted by Gasteiger charge is -2.06. The standard InChI is InChI=1S/C30H18ClN5O/c31-22-13-14-27-26(16-22)30(37)34-29(33-27)20(17-32)15-21-18-36(23-9-2-1-3-10-23)35-28(21)25-12-6-8-19-7-4-5-11-24(19)25/h1-16,18H,(H,33,34,37). The zero-order valence-corrected chi connectivity index (χ0v) is 20.1. The van der Waals surface area contributed by atoms with Crippen LogP contribution in [0.2, 0.25) is 5.02 Å². The van der Waals surface area contributed by atoms with E-state index in [1.165, 1.54) is 0 Å². The van der Waals surface area contributed by atoms with Crippen molar-refractivity contribution < 1.29 is 0 Å². The van der Waals surface area contributed by atoms with Gasteiger partial charge >= 0.3 is 0 Å². The van der Waals surface area contributed by atoms with E-state index in [9.17, 15) is 10.1 Å². The molecule has 6 nitrogen and oxygen atoms in total. The topological polar surface area (TPSA) is 87.4 Å². The molecule has 0 spiro atoms. The lowest BCUT2D eigenvalue weighted by atomic mass is 9.99. The SMILES string of the molecule is N#CC(=Cc1cn(-c2ccccc2)nc1-c1cccc2ccccc12)c1nc2ccc(Cl)cc2c(=O)[nH]1. The number of halogens is 1. The Balaban J connectivity index is 1.57. The number of para-hydroxylation sites is 1. The first-order valence-corrected chi connectivity index (χ1v) is 11.9. The van der Waals surface area contributed by atoms with Crippen LogP contribution >= 0.6 is 11.6 Å². The van der Waals surface area contributed by atoms with Crippen molar-refractivity contribution in [3.63, 3.8) is 0 Å². The van der Waals surface area contributed by atoms with Crippen molar-refractivity contribution in [3.8, 4) is 23.0 Å². The molecule has 0 fully saturated rings. The molecule has 0 amide bonds. The summed E-state index contributed by atoms with van der Waals surface area (Å²) in [6.45, 7) is 0. The average molecular weight is 500 g/mol. The number of hydrogen-bond donors (Lipinski definition) is 1. The van der Waals surface area contributed by atoms with Crippen molar-refractivity contribution in [2.75, 3.05) is 0 Å². The molecule has 0 unspecified atom stereocenters. The zero-order chi connectivity index (χ0) is 25.4. The van der Waals surface area contributed by atoms with Gasteiger partial charge in [-0.05, 0) is 47.2 Å². The molecule has 0 saturated heterocycles. The van der Waals surface area contributed by atoms with Crippen molar-refractivity contribution in [2.24, 2.45) is 0 Å². The van der Waals surface area contributed by atoms with Crippen LogP contribution in [0.5, 0.6) is 0 Å². The predicted molar refractivity (Wildman–Crippen MR) is 147 cm³/mol. The second kappa shape index (κ2) is 9.23. The Morgan fingerprint density at radius 1 is 0.946 bits per heavy atom. The number of nitrogens with one attached hydrogen (secondary N) is 1. The monoisotopic (exact) mass is 499 g/mol. The first kappa shape index (κ1) is 22.5. The van der Waals surface area contributed by atoms with Gasteiger partial charge in [0.05, 0.1) is 22.2 Å². The molecular weight excluding hydrogens is 482 g/mol. The smallest absolute Gasteiger partial charge is 0.259 e. The number of nitrogens with zero attached hydrogens (tertiary/aromatic N) is 4. The maximum Gasteiger partial charge on any atom is 0.259 e. The van der Waals surface area contributed by atoms with Crippen LogP contribution in [0.1, 0.15) is 11.4 Å². The van der Waals surface area contributed by atoms with Gasteiger partial charge < -0.3 is 4.98 Å². The lowest BCUT2D eigenvalue weighted by molar-refractivity contribution is 0.884. The molecule has 0 aliphatic heterocycles. The summed E-state index contributed by atoms with van der Waals surface area (Å²) in [6, 6.07) is 31.0. The van der Waals surface area contributed by atoms with Gasteiger partial charge in [0.15, 0.2) is 5.82 Å². The minimum Gasteiger partial charge on any atom is -0.305 e. The predicted octanol–water partition coefficient (Wildman–Crippen LogP) is 6.65. The van der Waals surface area contributed by atoms with Gasteiger partial charge in [0, 0.05) is 22.3 Å². The Morgan fingerprint density at radius 2 is 1.73 bits per heavy atom. The van der Waals surface area contributed by atoms with Gasteiger partial charge in [-0.2, -0.15) is 10.4 Å². The molecule has 2 aromatic heterocycles. The molecular formula is C30H18ClN5O. The molecule has 1 N–H and O–H groups in total. The van der Waals surface area contributed by atoms with Crippen molar-refractivity contribution in [3.05, 3.63) is 124 Å². The number of allylic oxidation sites excluding steroid dienone is 1. The van der Waals surface area contributed by atoms with Gasteiger partial charge in [0.25, 0.3) is 5.56 Å². The second-order valence-electron chi connectivity index (χ2n) is 8.49. The van der Waals surface area contributed by atoms with Crippen LogP contribution in [0.3, 0.4) is 0 Å². The van der Waals surface area contributed by atoms with E-state index in [-0.39, 0.29) is 17.0 Å². The highest BCUT2D eigenvalue weighted by Crippen LogP contribution is 2.32. The van der Waals surface area contributed by atoms with Crippen molar-refractivity contribution in [1.82, 2.24) is 19.7 Å². The van der Waals surface area contributed by atoms with E-state index in [1.807, 2.05) is 60.8 Å². The number of fused-ring (bicyclic) bond motifs is 2. The molecule has 7 heteroatoms. The van der Waals surface area contributed by atoms with Gasteiger partial charge in [-0.1, -0.05) is 72.3 Å². The third kappa shape index (κ3) is 4.18. The normalized spacial score (nSPS) is 11.6. The fourth-order valence-corrected chi connectivity index (χ4v) is 4.57. The van der Waals surface area contributed by atoms with Crippen LogP contribution in [-0.4, -0.2) is 19.7 Å². The highest BCUT2D eigenvalue weighted by Gasteiger charge is 2.16. The first-order valence-electron chi connectivity index (χ1n) is 11.6. The van der Waals surface area contributed by atoms with E-state index in [4.69, 9.17) is 16.7 Å². The van der Waals surface area contributed by atoms with Crippen LogP contribution < -0.4 is 5.56 Å². The average Bonchev–Trinajstić information content (AvgIpc) is 3.36. The quantitative estimate of drug-likeness (QED) is 0.275. The molecule has 0 aliphatic rings. The molecule has 0 aliphatic carbocycles. The van der Waals surface area contributed by atoms with Gasteiger partial charge in [0.1, 0.15) is 11.8 Å². The molecule has 0 atom stereocenters. The molecule has 2 heterocycles. The van der Waals surface area contributed by atoms with E-state index in [2.05, 4.69) is 34.2 Å². The molecule has 0 bridgehead atoms.